The average Bonchev–Trinajstić information content (AvgIpc) is 2.79. The monoisotopic (exact) mass is 406 g/mol. The fraction of sp³-hybridized carbons (Fsp3) is 0.235. The second kappa shape index (κ2) is 7.52. The Hall–Kier alpha value is -2.61. The van der Waals surface area contributed by atoms with Crippen molar-refractivity contribution in [1.82, 2.24) is 9.47 Å². The van der Waals surface area contributed by atoms with Crippen LogP contribution in [0.5, 0.6) is 0 Å². The molecular weight excluding hydrogens is 388 g/mol. The zero-order chi connectivity index (χ0) is 18.7. The summed E-state index contributed by atoms with van der Waals surface area (Å²) in [6, 6.07) is 9.37. The molecule has 0 saturated heterocycles. The molecule has 3 amide bonds. The highest BCUT2D eigenvalue weighted by atomic mass is 79.9. The SMILES string of the molecule is Cc1cc(C(=O)N(CC(N)=O)CC(N)=O)c(C)n1-c1cccc(Br)c1. The van der Waals surface area contributed by atoms with Crippen molar-refractivity contribution in [2.75, 3.05) is 13.1 Å². The van der Waals surface area contributed by atoms with Crippen LogP contribution in [0.1, 0.15) is 21.7 Å². The van der Waals surface area contributed by atoms with Gasteiger partial charge in [-0.2, -0.15) is 0 Å². The van der Waals surface area contributed by atoms with E-state index < -0.39 is 17.7 Å². The summed E-state index contributed by atoms with van der Waals surface area (Å²) in [5, 5.41) is 0. The number of nitrogens with zero attached hydrogens (tertiary/aromatic N) is 2. The molecule has 1 heterocycles. The summed E-state index contributed by atoms with van der Waals surface area (Å²) >= 11 is 3.43. The minimum Gasteiger partial charge on any atom is -0.368 e. The first kappa shape index (κ1) is 18.7. The molecule has 0 aliphatic rings. The summed E-state index contributed by atoms with van der Waals surface area (Å²) in [7, 11) is 0. The van der Waals surface area contributed by atoms with Crippen LogP contribution < -0.4 is 11.5 Å². The van der Waals surface area contributed by atoms with Gasteiger partial charge in [0.2, 0.25) is 11.8 Å². The third-order valence-corrected chi connectivity index (χ3v) is 4.20. The maximum atomic E-state index is 12.8. The van der Waals surface area contributed by atoms with Gasteiger partial charge in [-0.05, 0) is 38.1 Å². The molecule has 4 N–H and O–H groups in total. The first-order chi connectivity index (χ1) is 11.7. The van der Waals surface area contributed by atoms with Gasteiger partial charge < -0.3 is 20.9 Å². The molecule has 1 aromatic carbocycles. The molecule has 0 aliphatic heterocycles. The number of aryl methyl sites for hydroxylation is 1. The van der Waals surface area contributed by atoms with Crippen LogP contribution in [-0.2, 0) is 9.59 Å². The van der Waals surface area contributed by atoms with Gasteiger partial charge in [-0.3, -0.25) is 14.4 Å². The molecule has 7 nitrogen and oxygen atoms in total. The highest BCUT2D eigenvalue weighted by molar-refractivity contribution is 9.10. The summed E-state index contributed by atoms with van der Waals surface area (Å²) in [4.78, 5) is 36.3. The Balaban J connectivity index is 2.45. The van der Waals surface area contributed by atoms with Gasteiger partial charge in [0, 0.05) is 21.5 Å². The van der Waals surface area contributed by atoms with Crippen molar-refractivity contribution in [3.63, 3.8) is 0 Å². The van der Waals surface area contributed by atoms with Crippen LogP contribution in [0.4, 0.5) is 0 Å². The summed E-state index contributed by atoms with van der Waals surface area (Å²) in [5.74, 6) is -1.89. The number of carbonyl (C=O) groups is 3. The first-order valence-electron chi connectivity index (χ1n) is 7.51. The number of nitrogens with two attached hydrogens (primary N) is 2. The number of benzene rings is 1. The van der Waals surface area contributed by atoms with E-state index >= 15 is 0 Å². The van der Waals surface area contributed by atoms with Crippen LogP contribution in [-0.4, -0.2) is 40.3 Å². The molecule has 2 rings (SSSR count). The van der Waals surface area contributed by atoms with E-state index in [1.165, 1.54) is 0 Å². The van der Waals surface area contributed by atoms with Gasteiger partial charge >= 0.3 is 0 Å². The van der Waals surface area contributed by atoms with Crippen LogP contribution in [0.25, 0.3) is 5.69 Å². The molecule has 1 aromatic heterocycles. The van der Waals surface area contributed by atoms with Crippen molar-refractivity contribution < 1.29 is 14.4 Å². The summed E-state index contributed by atoms with van der Waals surface area (Å²) in [6.07, 6.45) is 0. The largest absolute Gasteiger partial charge is 0.368 e. The zero-order valence-corrected chi connectivity index (χ0v) is 15.5. The molecule has 0 saturated carbocycles. The van der Waals surface area contributed by atoms with E-state index in [-0.39, 0.29) is 13.1 Å². The van der Waals surface area contributed by atoms with E-state index in [4.69, 9.17) is 11.5 Å². The molecule has 25 heavy (non-hydrogen) atoms. The van der Waals surface area contributed by atoms with Crippen molar-refractivity contribution in [2.24, 2.45) is 11.5 Å². The van der Waals surface area contributed by atoms with Gasteiger partial charge in [-0.1, -0.05) is 22.0 Å². The summed E-state index contributed by atoms with van der Waals surface area (Å²) in [6.45, 7) is 2.93. The molecule has 0 radical (unpaired) electrons. The molecular formula is C17H19BrN4O3. The molecule has 0 fully saturated rings. The molecule has 0 atom stereocenters. The van der Waals surface area contributed by atoms with Crippen LogP contribution >= 0.6 is 15.9 Å². The second-order valence-corrected chi connectivity index (χ2v) is 6.61. The van der Waals surface area contributed by atoms with Crippen molar-refractivity contribution in [1.29, 1.82) is 0 Å². The Bertz CT molecular complexity index is 828. The highest BCUT2D eigenvalue weighted by Gasteiger charge is 2.24. The van der Waals surface area contributed by atoms with Crippen molar-refractivity contribution in [3.8, 4) is 5.69 Å². The third kappa shape index (κ3) is 4.27. The molecule has 132 valence electrons. The van der Waals surface area contributed by atoms with E-state index in [2.05, 4.69) is 15.9 Å². The first-order valence-corrected chi connectivity index (χ1v) is 8.30. The number of hydrogen-bond donors (Lipinski definition) is 2. The van der Waals surface area contributed by atoms with Crippen molar-refractivity contribution >= 4 is 33.7 Å². The maximum absolute atomic E-state index is 12.8. The van der Waals surface area contributed by atoms with Crippen LogP contribution in [0, 0.1) is 13.8 Å². The lowest BCUT2D eigenvalue weighted by molar-refractivity contribution is -0.121. The van der Waals surface area contributed by atoms with Gasteiger partial charge in [0.1, 0.15) is 13.1 Å². The lowest BCUT2D eigenvalue weighted by Crippen LogP contribution is -2.43. The van der Waals surface area contributed by atoms with Gasteiger partial charge in [-0.15, -0.1) is 0 Å². The smallest absolute Gasteiger partial charge is 0.256 e. The minimum atomic E-state index is -0.713. The Kier molecular flexibility index (Phi) is 5.63. The maximum Gasteiger partial charge on any atom is 0.256 e. The Morgan fingerprint density at radius 2 is 1.68 bits per heavy atom. The molecule has 2 aromatic rings. The summed E-state index contributed by atoms with van der Waals surface area (Å²) in [5.41, 5.74) is 13.2. The number of halogens is 1. The lowest BCUT2D eigenvalue weighted by atomic mass is 10.2. The number of hydrogen-bond acceptors (Lipinski definition) is 3. The average molecular weight is 407 g/mol. The van der Waals surface area contributed by atoms with E-state index in [1.54, 1.807) is 13.0 Å². The molecule has 0 aliphatic carbocycles. The molecule has 0 spiro atoms. The Morgan fingerprint density at radius 1 is 1.08 bits per heavy atom. The molecule has 0 bridgehead atoms. The Labute approximate surface area is 153 Å². The Morgan fingerprint density at radius 3 is 2.20 bits per heavy atom. The predicted molar refractivity (Wildman–Crippen MR) is 97.2 cm³/mol. The quantitative estimate of drug-likeness (QED) is 0.752. The van der Waals surface area contributed by atoms with Crippen LogP contribution in [0.3, 0.4) is 0 Å². The summed E-state index contributed by atoms with van der Waals surface area (Å²) < 4.78 is 2.83. The fourth-order valence-electron chi connectivity index (χ4n) is 2.74. The highest BCUT2D eigenvalue weighted by Crippen LogP contribution is 2.24. The second-order valence-electron chi connectivity index (χ2n) is 5.69. The predicted octanol–water partition coefficient (Wildman–Crippen LogP) is 1.27. The lowest BCUT2D eigenvalue weighted by Gasteiger charge is -2.19. The van der Waals surface area contributed by atoms with Crippen molar-refractivity contribution in [3.05, 3.63) is 51.8 Å². The number of amides is 3. The van der Waals surface area contributed by atoms with Crippen LogP contribution in [0.2, 0.25) is 0 Å². The standard InChI is InChI=1S/C17H19BrN4O3/c1-10-6-14(17(25)21(8-15(19)23)9-16(20)24)11(2)22(10)13-5-3-4-12(18)7-13/h3-7H,8-9H2,1-2H3,(H2,19,23)(H2,20,24). The number of aromatic nitrogens is 1. The van der Waals surface area contributed by atoms with Crippen molar-refractivity contribution in [2.45, 2.75) is 13.8 Å². The van der Waals surface area contributed by atoms with E-state index in [9.17, 15) is 14.4 Å². The van der Waals surface area contributed by atoms with Gasteiger partial charge in [-0.25, -0.2) is 0 Å². The normalized spacial score (nSPS) is 10.5. The van der Waals surface area contributed by atoms with Crippen LogP contribution in [0.15, 0.2) is 34.8 Å². The molecule has 8 heteroatoms. The third-order valence-electron chi connectivity index (χ3n) is 3.71. The molecule has 0 unspecified atom stereocenters. The van der Waals surface area contributed by atoms with E-state index in [0.717, 1.165) is 20.8 Å². The topological polar surface area (TPSA) is 111 Å². The zero-order valence-electron chi connectivity index (χ0n) is 14.0. The minimum absolute atomic E-state index is 0.373. The van der Waals surface area contributed by atoms with Gasteiger partial charge in [0.25, 0.3) is 5.91 Å². The van der Waals surface area contributed by atoms with E-state index in [0.29, 0.717) is 11.3 Å². The number of carbonyl (C=O) groups excluding carboxylic acids is 3. The fourth-order valence-corrected chi connectivity index (χ4v) is 3.13. The number of rotatable bonds is 6. The van der Waals surface area contributed by atoms with Gasteiger partial charge in [0.15, 0.2) is 0 Å². The van der Waals surface area contributed by atoms with Gasteiger partial charge in [0.05, 0.1) is 5.56 Å². The number of primary amides is 2. The van der Waals surface area contributed by atoms with E-state index in [1.807, 2.05) is 35.8 Å².